The van der Waals surface area contributed by atoms with Gasteiger partial charge in [-0.15, -0.1) is 0 Å². The molecule has 0 amide bonds. The van der Waals surface area contributed by atoms with Crippen molar-refractivity contribution < 1.29 is 17.9 Å². The highest BCUT2D eigenvalue weighted by Crippen LogP contribution is 2.30. The van der Waals surface area contributed by atoms with E-state index in [9.17, 15) is 13.2 Å². The van der Waals surface area contributed by atoms with Crippen LogP contribution in [0.3, 0.4) is 0 Å². The third-order valence-electron chi connectivity index (χ3n) is 2.50. The molecule has 0 bridgehead atoms. The predicted molar refractivity (Wildman–Crippen MR) is 53.3 cm³/mol. The molecule has 5 heteroatoms. The summed E-state index contributed by atoms with van der Waals surface area (Å²) in [6.45, 7) is 1.65. The average molecular weight is 231 g/mol. The highest BCUT2D eigenvalue weighted by molar-refractivity contribution is 5.29. The van der Waals surface area contributed by atoms with E-state index in [2.05, 4.69) is 5.32 Å². The van der Waals surface area contributed by atoms with Crippen molar-refractivity contribution in [2.45, 2.75) is 18.7 Å². The second kappa shape index (κ2) is 4.33. The minimum absolute atomic E-state index is 0.0664. The van der Waals surface area contributed by atoms with Gasteiger partial charge in [0.05, 0.1) is 5.56 Å². The number of hydrogen-bond donors (Lipinski definition) is 1. The van der Waals surface area contributed by atoms with E-state index in [0.717, 1.165) is 31.6 Å². The summed E-state index contributed by atoms with van der Waals surface area (Å²) in [6, 6.07) is 4.80. The van der Waals surface area contributed by atoms with Gasteiger partial charge in [-0.05, 0) is 37.2 Å². The highest BCUT2D eigenvalue weighted by Gasteiger charge is 2.30. The van der Waals surface area contributed by atoms with Crippen LogP contribution in [0, 0.1) is 0 Å². The van der Waals surface area contributed by atoms with Gasteiger partial charge in [0, 0.05) is 6.54 Å². The number of rotatable bonds is 2. The van der Waals surface area contributed by atoms with Crippen molar-refractivity contribution >= 4 is 0 Å². The summed E-state index contributed by atoms with van der Waals surface area (Å²) in [6.07, 6.45) is -3.33. The highest BCUT2D eigenvalue weighted by atomic mass is 19.4. The van der Waals surface area contributed by atoms with Gasteiger partial charge in [0.1, 0.15) is 11.9 Å². The molecule has 1 atom stereocenters. The lowest BCUT2D eigenvalue weighted by Crippen LogP contribution is -2.19. The lowest BCUT2D eigenvalue weighted by molar-refractivity contribution is -0.137. The van der Waals surface area contributed by atoms with Crippen LogP contribution in [0.15, 0.2) is 24.3 Å². The molecule has 1 fully saturated rings. The van der Waals surface area contributed by atoms with Crippen LogP contribution < -0.4 is 10.1 Å². The number of hydrogen-bond acceptors (Lipinski definition) is 2. The molecule has 0 saturated carbocycles. The van der Waals surface area contributed by atoms with Gasteiger partial charge in [0.2, 0.25) is 0 Å². The zero-order valence-corrected chi connectivity index (χ0v) is 8.55. The van der Waals surface area contributed by atoms with Gasteiger partial charge in [0.15, 0.2) is 0 Å². The molecular formula is C11H12F3NO. The smallest absolute Gasteiger partial charge is 0.416 e. The maximum Gasteiger partial charge on any atom is 0.416 e. The first-order chi connectivity index (χ1) is 7.55. The van der Waals surface area contributed by atoms with Crippen LogP contribution in [0.1, 0.15) is 12.0 Å². The summed E-state index contributed by atoms with van der Waals surface area (Å²) >= 11 is 0. The predicted octanol–water partition coefficient (Wildman–Crippen LogP) is 2.45. The Morgan fingerprint density at radius 1 is 1.19 bits per heavy atom. The van der Waals surface area contributed by atoms with Crippen molar-refractivity contribution in [1.82, 2.24) is 5.32 Å². The quantitative estimate of drug-likeness (QED) is 0.844. The van der Waals surface area contributed by atoms with E-state index in [1.165, 1.54) is 12.1 Å². The van der Waals surface area contributed by atoms with Crippen LogP contribution >= 0.6 is 0 Å². The van der Waals surface area contributed by atoms with Crippen molar-refractivity contribution in [3.8, 4) is 5.75 Å². The van der Waals surface area contributed by atoms with Gasteiger partial charge < -0.3 is 10.1 Å². The topological polar surface area (TPSA) is 21.3 Å². The summed E-state index contributed by atoms with van der Waals surface area (Å²) in [5, 5.41) is 3.12. The number of halogens is 3. The van der Waals surface area contributed by atoms with E-state index < -0.39 is 11.7 Å². The fraction of sp³-hybridized carbons (Fsp3) is 0.455. The Balaban J connectivity index is 2.01. The molecule has 2 nitrogen and oxygen atoms in total. The fourth-order valence-electron chi connectivity index (χ4n) is 1.64. The summed E-state index contributed by atoms with van der Waals surface area (Å²) < 4.78 is 42.3. The van der Waals surface area contributed by atoms with Crippen LogP contribution in [0.4, 0.5) is 13.2 Å². The number of nitrogens with one attached hydrogen (secondary N) is 1. The van der Waals surface area contributed by atoms with E-state index in [-0.39, 0.29) is 6.10 Å². The lowest BCUT2D eigenvalue weighted by atomic mass is 10.2. The third-order valence-corrected chi connectivity index (χ3v) is 2.50. The minimum atomic E-state index is -4.28. The summed E-state index contributed by atoms with van der Waals surface area (Å²) in [5.41, 5.74) is -0.649. The largest absolute Gasteiger partial charge is 0.489 e. The van der Waals surface area contributed by atoms with E-state index in [4.69, 9.17) is 4.74 Å². The zero-order valence-electron chi connectivity index (χ0n) is 8.55. The Bertz CT molecular complexity index is 341. The monoisotopic (exact) mass is 231 g/mol. The first-order valence-electron chi connectivity index (χ1n) is 5.10. The molecule has 1 unspecified atom stereocenters. The molecule has 1 N–H and O–H groups in total. The third kappa shape index (κ3) is 2.66. The fourth-order valence-corrected chi connectivity index (χ4v) is 1.64. The molecule has 0 aliphatic carbocycles. The zero-order chi connectivity index (χ0) is 11.6. The molecule has 0 spiro atoms. The molecule has 0 radical (unpaired) electrons. The van der Waals surface area contributed by atoms with Crippen molar-refractivity contribution in [2.75, 3.05) is 13.1 Å². The number of ether oxygens (including phenoxy) is 1. The molecule has 16 heavy (non-hydrogen) atoms. The summed E-state index contributed by atoms with van der Waals surface area (Å²) in [5.74, 6) is 0.488. The van der Waals surface area contributed by atoms with E-state index >= 15 is 0 Å². The van der Waals surface area contributed by atoms with E-state index in [1.807, 2.05) is 0 Å². The van der Waals surface area contributed by atoms with Crippen LogP contribution in [0.25, 0.3) is 0 Å². The molecule has 1 aromatic rings. The van der Waals surface area contributed by atoms with Crippen LogP contribution in [0.5, 0.6) is 5.75 Å². The maximum absolute atomic E-state index is 12.3. The van der Waals surface area contributed by atoms with Crippen molar-refractivity contribution in [2.24, 2.45) is 0 Å². The van der Waals surface area contributed by atoms with Crippen molar-refractivity contribution in [1.29, 1.82) is 0 Å². The summed E-state index contributed by atoms with van der Waals surface area (Å²) in [4.78, 5) is 0. The molecule has 1 aliphatic rings. The number of alkyl halides is 3. The van der Waals surface area contributed by atoms with E-state index in [1.54, 1.807) is 0 Å². The molecular weight excluding hydrogens is 219 g/mol. The van der Waals surface area contributed by atoms with Gasteiger partial charge in [-0.3, -0.25) is 0 Å². The Morgan fingerprint density at radius 2 is 1.88 bits per heavy atom. The first-order valence-corrected chi connectivity index (χ1v) is 5.10. The van der Waals surface area contributed by atoms with Crippen molar-refractivity contribution in [3.63, 3.8) is 0 Å². The maximum atomic E-state index is 12.3. The summed E-state index contributed by atoms with van der Waals surface area (Å²) in [7, 11) is 0. The Hall–Kier alpha value is -1.23. The second-order valence-electron chi connectivity index (χ2n) is 3.75. The second-order valence-corrected chi connectivity index (χ2v) is 3.75. The van der Waals surface area contributed by atoms with E-state index in [0.29, 0.717) is 5.75 Å². The molecule has 1 aliphatic heterocycles. The van der Waals surface area contributed by atoms with Gasteiger partial charge in [0.25, 0.3) is 0 Å². The van der Waals surface area contributed by atoms with Crippen LogP contribution in [0.2, 0.25) is 0 Å². The van der Waals surface area contributed by atoms with Crippen LogP contribution in [-0.4, -0.2) is 19.2 Å². The van der Waals surface area contributed by atoms with Gasteiger partial charge in [-0.2, -0.15) is 13.2 Å². The Labute approximate surface area is 91.4 Å². The Morgan fingerprint density at radius 3 is 2.38 bits per heavy atom. The molecule has 88 valence electrons. The van der Waals surface area contributed by atoms with Crippen LogP contribution in [-0.2, 0) is 6.18 Å². The standard InChI is InChI=1S/C11H12F3NO/c12-11(13,14)8-1-3-9(4-2-8)16-10-5-6-15-7-10/h1-4,10,15H,5-7H2. The lowest BCUT2D eigenvalue weighted by Gasteiger charge is -2.13. The number of benzene rings is 1. The van der Waals surface area contributed by atoms with Gasteiger partial charge >= 0.3 is 6.18 Å². The Kier molecular flexibility index (Phi) is 3.05. The molecule has 1 saturated heterocycles. The molecule has 1 heterocycles. The SMILES string of the molecule is FC(F)(F)c1ccc(OC2CCNC2)cc1. The van der Waals surface area contributed by atoms with Gasteiger partial charge in [-0.1, -0.05) is 0 Å². The van der Waals surface area contributed by atoms with Gasteiger partial charge in [-0.25, -0.2) is 0 Å². The molecule has 1 aromatic carbocycles. The molecule has 0 aromatic heterocycles. The first kappa shape index (κ1) is 11.3. The average Bonchev–Trinajstić information content (AvgIpc) is 2.70. The normalized spacial score (nSPS) is 21.1. The minimum Gasteiger partial charge on any atom is -0.489 e. The molecule has 2 rings (SSSR count). The van der Waals surface area contributed by atoms with Crippen molar-refractivity contribution in [3.05, 3.63) is 29.8 Å².